The number of hydrogen-bond donors (Lipinski definition) is 0. The molecule has 3 nitrogen and oxygen atoms in total. The van der Waals surface area contributed by atoms with Crippen LogP contribution in [-0.4, -0.2) is 17.3 Å². The van der Waals surface area contributed by atoms with E-state index in [1.54, 1.807) is 6.92 Å². The molecule has 0 rings (SSSR count). The van der Waals surface area contributed by atoms with Gasteiger partial charge in [-0.05, 0) is 27.2 Å². The second-order valence-electron chi connectivity index (χ2n) is 4.16. The third kappa shape index (κ3) is 3.57. The summed E-state index contributed by atoms with van der Waals surface area (Å²) in [4.78, 5) is 34.1. The highest BCUT2D eigenvalue weighted by Crippen LogP contribution is 2.26. The molecular weight excluding hydrogens is 192 g/mol. The van der Waals surface area contributed by atoms with Crippen molar-refractivity contribution in [3.63, 3.8) is 0 Å². The normalized spacial score (nSPS) is 16.6. The van der Waals surface area contributed by atoms with E-state index in [4.69, 9.17) is 0 Å². The van der Waals surface area contributed by atoms with Gasteiger partial charge in [-0.1, -0.05) is 13.8 Å². The molecule has 3 unspecified atom stereocenters. The average Bonchev–Trinajstić information content (AvgIpc) is 2.11. The number of carbonyl (C=O) groups excluding carboxylic acids is 3. The second kappa shape index (κ2) is 5.79. The predicted molar refractivity (Wildman–Crippen MR) is 58.5 cm³/mol. The lowest BCUT2D eigenvalue weighted by Gasteiger charge is -2.25. The molecule has 0 saturated heterocycles. The van der Waals surface area contributed by atoms with Gasteiger partial charge in [0.05, 0.1) is 0 Å². The number of rotatable bonds is 6. The summed E-state index contributed by atoms with van der Waals surface area (Å²) >= 11 is 0. The monoisotopic (exact) mass is 212 g/mol. The molecule has 0 aliphatic carbocycles. The first kappa shape index (κ1) is 14.0. The van der Waals surface area contributed by atoms with Crippen LogP contribution in [0.3, 0.4) is 0 Å². The zero-order valence-corrected chi connectivity index (χ0v) is 10.2. The van der Waals surface area contributed by atoms with Gasteiger partial charge < -0.3 is 0 Å². The van der Waals surface area contributed by atoms with Crippen LogP contribution in [0.4, 0.5) is 0 Å². The number of ketones is 3. The molecule has 3 atom stereocenters. The molecule has 0 aromatic rings. The van der Waals surface area contributed by atoms with Crippen LogP contribution in [0.5, 0.6) is 0 Å². The lowest BCUT2D eigenvalue weighted by Crippen LogP contribution is -2.35. The SMILES string of the molecule is CCC(C(C)=O)C(C(C)=O)C(C)C(C)=O. The van der Waals surface area contributed by atoms with Crippen molar-refractivity contribution in [1.29, 1.82) is 0 Å². The maximum atomic E-state index is 11.5. The van der Waals surface area contributed by atoms with Crippen molar-refractivity contribution in [2.24, 2.45) is 17.8 Å². The minimum Gasteiger partial charge on any atom is -0.300 e. The summed E-state index contributed by atoms with van der Waals surface area (Å²) in [5.41, 5.74) is 0. The first-order valence-corrected chi connectivity index (χ1v) is 5.34. The first-order valence-electron chi connectivity index (χ1n) is 5.34. The molecule has 86 valence electrons. The number of carbonyl (C=O) groups is 3. The van der Waals surface area contributed by atoms with Gasteiger partial charge in [0.2, 0.25) is 0 Å². The Morgan fingerprint density at radius 3 is 1.60 bits per heavy atom. The largest absolute Gasteiger partial charge is 0.300 e. The fraction of sp³-hybridized carbons (Fsp3) is 0.750. The molecule has 0 aliphatic heterocycles. The van der Waals surface area contributed by atoms with E-state index in [0.717, 1.165) is 0 Å². The fourth-order valence-corrected chi connectivity index (χ4v) is 2.03. The van der Waals surface area contributed by atoms with Crippen molar-refractivity contribution in [3.8, 4) is 0 Å². The van der Waals surface area contributed by atoms with Crippen molar-refractivity contribution >= 4 is 17.3 Å². The van der Waals surface area contributed by atoms with Gasteiger partial charge in [0.25, 0.3) is 0 Å². The maximum Gasteiger partial charge on any atom is 0.134 e. The van der Waals surface area contributed by atoms with Crippen LogP contribution in [0.25, 0.3) is 0 Å². The summed E-state index contributed by atoms with van der Waals surface area (Å²) in [5, 5.41) is 0. The Bertz CT molecular complexity index is 268. The van der Waals surface area contributed by atoms with Gasteiger partial charge in [0, 0.05) is 17.8 Å². The van der Waals surface area contributed by atoms with Crippen molar-refractivity contribution in [2.75, 3.05) is 0 Å². The molecule has 0 amide bonds. The molecule has 0 aromatic carbocycles. The van der Waals surface area contributed by atoms with Crippen LogP contribution in [0, 0.1) is 17.8 Å². The third-order valence-corrected chi connectivity index (χ3v) is 3.04. The summed E-state index contributed by atoms with van der Waals surface area (Å²) < 4.78 is 0. The smallest absolute Gasteiger partial charge is 0.134 e. The second-order valence-corrected chi connectivity index (χ2v) is 4.16. The minimum atomic E-state index is -0.454. The highest BCUT2D eigenvalue weighted by atomic mass is 16.1. The summed E-state index contributed by atoms with van der Waals surface area (Å²) in [6.45, 7) is 8.00. The summed E-state index contributed by atoms with van der Waals surface area (Å²) in [7, 11) is 0. The Morgan fingerprint density at radius 2 is 1.40 bits per heavy atom. The molecule has 0 spiro atoms. The topological polar surface area (TPSA) is 51.2 Å². The minimum absolute atomic E-state index is 0.00852. The van der Waals surface area contributed by atoms with E-state index >= 15 is 0 Å². The third-order valence-electron chi connectivity index (χ3n) is 3.04. The lowest BCUT2D eigenvalue weighted by molar-refractivity contribution is -0.136. The van der Waals surface area contributed by atoms with Gasteiger partial charge in [-0.15, -0.1) is 0 Å². The molecule has 0 fully saturated rings. The maximum absolute atomic E-state index is 11.5. The lowest BCUT2D eigenvalue weighted by atomic mass is 9.75. The molecule has 0 saturated carbocycles. The van der Waals surface area contributed by atoms with E-state index in [1.807, 2.05) is 6.92 Å². The van der Waals surface area contributed by atoms with Gasteiger partial charge >= 0.3 is 0 Å². The fourth-order valence-electron chi connectivity index (χ4n) is 2.03. The van der Waals surface area contributed by atoms with Crippen molar-refractivity contribution in [1.82, 2.24) is 0 Å². The van der Waals surface area contributed by atoms with Gasteiger partial charge in [-0.25, -0.2) is 0 Å². The molecule has 3 heteroatoms. The molecule has 0 radical (unpaired) electrons. The van der Waals surface area contributed by atoms with Crippen LogP contribution in [-0.2, 0) is 14.4 Å². The van der Waals surface area contributed by atoms with Crippen molar-refractivity contribution in [2.45, 2.75) is 41.0 Å². The number of hydrogen-bond acceptors (Lipinski definition) is 3. The predicted octanol–water partition coefficient (Wildman–Crippen LogP) is 2.03. The van der Waals surface area contributed by atoms with Gasteiger partial charge in [-0.2, -0.15) is 0 Å². The van der Waals surface area contributed by atoms with Crippen LogP contribution < -0.4 is 0 Å². The van der Waals surface area contributed by atoms with Crippen molar-refractivity contribution in [3.05, 3.63) is 0 Å². The van der Waals surface area contributed by atoms with Crippen LogP contribution in [0.1, 0.15) is 41.0 Å². The van der Waals surface area contributed by atoms with Crippen LogP contribution >= 0.6 is 0 Å². The Kier molecular flexibility index (Phi) is 5.40. The molecular formula is C12H20O3. The van der Waals surface area contributed by atoms with Gasteiger partial charge in [-0.3, -0.25) is 14.4 Å². The van der Waals surface area contributed by atoms with Crippen molar-refractivity contribution < 1.29 is 14.4 Å². The highest BCUT2D eigenvalue weighted by Gasteiger charge is 2.34. The van der Waals surface area contributed by atoms with E-state index in [9.17, 15) is 14.4 Å². The van der Waals surface area contributed by atoms with Crippen LogP contribution in [0.2, 0.25) is 0 Å². The summed E-state index contributed by atoms with van der Waals surface area (Å²) in [5.74, 6) is -1.25. The van der Waals surface area contributed by atoms with E-state index < -0.39 is 5.92 Å². The zero-order valence-electron chi connectivity index (χ0n) is 10.2. The summed E-state index contributed by atoms with van der Waals surface area (Å²) in [6.07, 6.45) is 0.608. The zero-order chi connectivity index (χ0) is 12.2. The molecule has 0 aliphatic rings. The van der Waals surface area contributed by atoms with E-state index in [2.05, 4.69) is 0 Å². The quantitative estimate of drug-likeness (QED) is 0.677. The Morgan fingerprint density at radius 1 is 0.933 bits per heavy atom. The highest BCUT2D eigenvalue weighted by molar-refractivity contribution is 5.92. The van der Waals surface area contributed by atoms with Gasteiger partial charge in [0.1, 0.15) is 17.3 Å². The average molecular weight is 212 g/mol. The molecule has 0 N–H and O–H groups in total. The molecule has 0 heterocycles. The Labute approximate surface area is 91.2 Å². The van der Waals surface area contributed by atoms with E-state index in [-0.39, 0.29) is 29.2 Å². The Hall–Kier alpha value is -0.990. The van der Waals surface area contributed by atoms with E-state index in [1.165, 1.54) is 20.8 Å². The molecule has 0 bridgehead atoms. The van der Waals surface area contributed by atoms with Gasteiger partial charge in [0.15, 0.2) is 0 Å². The van der Waals surface area contributed by atoms with E-state index in [0.29, 0.717) is 6.42 Å². The number of Topliss-reactive ketones (excluding diaryl/α,β-unsaturated/α-hetero) is 3. The Balaban J connectivity index is 5.02. The molecule has 0 aromatic heterocycles. The standard InChI is InChI=1S/C12H20O3/c1-6-11(9(4)14)12(10(5)15)7(2)8(3)13/h7,11-12H,6H2,1-5H3. The first-order chi connectivity index (χ1) is 6.82. The van der Waals surface area contributed by atoms with Crippen LogP contribution in [0.15, 0.2) is 0 Å². The molecule has 15 heavy (non-hydrogen) atoms. The summed E-state index contributed by atoms with van der Waals surface area (Å²) in [6, 6.07) is 0.